The summed E-state index contributed by atoms with van der Waals surface area (Å²) in [7, 11) is 0. The maximum atomic E-state index is 9.73. The molecule has 3 atom stereocenters. The van der Waals surface area contributed by atoms with Gasteiger partial charge in [-0.05, 0) is 44.6 Å². The van der Waals surface area contributed by atoms with E-state index in [0.717, 1.165) is 13.1 Å². The zero-order valence-electron chi connectivity index (χ0n) is 13.3. The lowest BCUT2D eigenvalue weighted by Gasteiger charge is -2.33. The normalized spacial score (nSPS) is 27.5. The first-order valence-electron chi connectivity index (χ1n) is 8.30. The van der Waals surface area contributed by atoms with Crippen molar-refractivity contribution in [3.05, 3.63) is 35.9 Å². The van der Waals surface area contributed by atoms with Crippen molar-refractivity contribution in [1.29, 1.82) is 0 Å². The summed E-state index contributed by atoms with van der Waals surface area (Å²) in [5.74, 6) is 0.670. The van der Waals surface area contributed by atoms with Crippen molar-refractivity contribution in [3.8, 4) is 0 Å². The molecule has 3 heteroatoms. The highest BCUT2D eigenvalue weighted by Crippen LogP contribution is 2.40. The predicted octanol–water partition coefficient (Wildman–Crippen LogP) is 2.57. The Hall–Kier alpha value is -0.900. The van der Waals surface area contributed by atoms with E-state index in [0.29, 0.717) is 18.0 Å². The Bertz CT molecular complexity index is 460. The summed E-state index contributed by atoms with van der Waals surface area (Å²) >= 11 is 0. The van der Waals surface area contributed by atoms with E-state index in [4.69, 9.17) is 0 Å². The molecule has 1 saturated carbocycles. The molecule has 1 aliphatic carbocycles. The van der Waals surface area contributed by atoms with E-state index in [1.807, 2.05) is 0 Å². The van der Waals surface area contributed by atoms with Crippen LogP contribution in [0.15, 0.2) is 30.3 Å². The second kappa shape index (κ2) is 6.07. The van der Waals surface area contributed by atoms with Crippen LogP contribution >= 0.6 is 0 Å². The Morgan fingerprint density at radius 3 is 2.62 bits per heavy atom. The summed E-state index contributed by atoms with van der Waals surface area (Å²) in [6.45, 7) is 6.96. The summed E-state index contributed by atoms with van der Waals surface area (Å²) in [5.41, 5.74) is 1.32. The van der Waals surface area contributed by atoms with Crippen LogP contribution in [0.25, 0.3) is 0 Å². The van der Waals surface area contributed by atoms with Crippen LogP contribution in [0.5, 0.6) is 0 Å². The highest BCUT2D eigenvalue weighted by Gasteiger charge is 2.43. The average molecular weight is 288 g/mol. The summed E-state index contributed by atoms with van der Waals surface area (Å²) < 4.78 is 0. The molecule has 0 radical (unpaired) electrons. The Kier molecular flexibility index (Phi) is 4.34. The van der Waals surface area contributed by atoms with E-state index in [-0.39, 0.29) is 12.1 Å². The molecule has 0 spiro atoms. The molecule has 1 heterocycles. The number of rotatable bonds is 6. The van der Waals surface area contributed by atoms with Crippen molar-refractivity contribution < 1.29 is 5.11 Å². The summed E-state index contributed by atoms with van der Waals surface area (Å²) in [4.78, 5) is 2.55. The van der Waals surface area contributed by atoms with Crippen LogP contribution in [0.2, 0.25) is 0 Å². The number of aliphatic hydroxyl groups excluding tert-OH is 1. The van der Waals surface area contributed by atoms with E-state index in [1.165, 1.54) is 24.8 Å². The smallest absolute Gasteiger partial charge is 0.0613 e. The topological polar surface area (TPSA) is 35.5 Å². The number of hydrogen-bond donors (Lipinski definition) is 2. The molecule has 2 N–H and O–H groups in total. The van der Waals surface area contributed by atoms with Gasteiger partial charge in [-0.2, -0.15) is 0 Å². The molecule has 2 aliphatic rings. The van der Waals surface area contributed by atoms with E-state index in [2.05, 4.69) is 54.4 Å². The van der Waals surface area contributed by atoms with Crippen LogP contribution < -0.4 is 5.32 Å². The number of likely N-dealkylation sites (tertiary alicyclic amines) is 1. The lowest BCUT2D eigenvalue weighted by molar-refractivity contribution is 0.139. The monoisotopic (exact) mass is 288 g/mol. The van der Waals surface area contributed by atoms with Crippen LogP contribution in [-0.2, 0) is 0 Å². The third kappa shape index (κ3) is 3.31. The van der Waals surface area contributed by atoms with Gasteiger partial charge in [0.05, 0.1) is 6.61 Å². The fourth-order valence-corrected chi connectivity index (χ4v) is 3.68. The first-order valence-corrected chi connectivity index (χ1v) is 8.30. The third-order valence-electron chi connectivity index (χ3n) is 5.39. The molecular formula is C18H28N2O. The van der Waals surface area contributed by atoms with Crippen LogP contribution in [0.3, 0.4) is 0 Å². The third-order valence-corrected chi connectivity index (χ3v) is 5.39. The number of hydrogen-bond acceptors (Lipinski definition) is 3. The van der Waals surface area contributed by atoms with Gasteiger partial charge in [0.1, 0.15) is 0 Å². The van der Waals surface area contributed by atoms with Crippen molar-refractivity contribution in [2.75, 3.05) is 19.7 Å². The van der Waals surface area contributed by atoms with Gasteiger partial charge in [-0.15, -0.1) is 0 Å². The van der Waals surface area contributed by atoms with Gasteiger partial charge in [0.2, 0.25) is 0 Å². The quantitative estimate of drug-likeness (QED) is 0.844. The minimum Gasteiger partial charge on any atom is -0.394 e. The molecule has 2 fully saturated rings. The maximum absolute atomic E-state index is 9.73. The second-order valence-electron chi connectivity index (χ2n) is 7.06. The molecule has 21 heavy (non-hydrogen) atoms. The molecule has 3 nitrogen and oxygen atoms in total. The second-order valence-corrected chi connectivity index (χ2v) is 7.06. The SMILES string of the molecule is CC(c1ccccc1)N1CCC(NC(C)(CO)C2CC2)C1. The Labute approximate surface area is 128 Å². The Morgan fingerprint density at radius 1 is 1.29 bits per heavy atom. The minimum absolute atomic E-state index is 0.0728. The van der Waals surface area contributed by atoms with Gasteiger partial charge in [-0.1, -0.05) is 30.3 Å². The van der Waals surface area contributed by atoms with Gasteiger partial charge >= 0.3 is 0 Å². The van der Waals surface area contributed by atoms with Crippen molar-refractivity contribution in [2.24, 2.45) is 5.92 Å². The summed E-state index contributed by atoms with van der Waals surface area (Å²) in [6, 6.07) is 11.7. The van der Waals surface area contributed by atoms with Crippen molar-refractivity contribution in [1.82, 2.24) is 10.2 Å². The number of nitrogens with zero attached hydrogens (tertiary/aromatic N) is 1. The van der Waals surface area contributed by atoms with Crippen LogP contribution in [0, 0.1) is 5.92 Å². The average Bonchev–Trinajstić information content (AvgIpc) is 3.29. The van der Waals surface area contributed by atoms with E-state index in [1.54, 1.807) is 0 Å². The van der Waals surface area contributed by atoms with Crippen molar-refractivity contribution in [3.63, 3.8) is 0 Å². The number of aliphatic hydroxyl groups is 1. The molecule has 0 amide bonds. The zero-order valence-corrected chi connectivity index (χ0v) is 13.3. The fourth-order valence-electron chi connectivity index (χ4n) is 3.68. The Morgan fingerprint density at radius 2 is 2.00 bits per heavy atom. The molecule has 116 valence electrons. The highest BCUT2D eigenvalue weighted by molar-refractivity contribution is 5.18. The maximum Gasteiger partial charge on any atom is 0.0613 e. The molecule has 1 aliphatic heterocycles. The van der Waals surface area contributed by atoms with Gasteiger partial charge < -0.3 is 10.4 Å². The molecule has 1 aromatic carbocycles. The first kappa shape index (κ1) is 15.0. The number of nitrogens with one attached hydrogen (secondary N) is 1. The van der Waals surface area contributed by atoms with E-state index in [9.17, 15) is 5.11 Å². The Balaban J connectivity index is 1.58. The lowest BCUT2D eigenvalue weighted by atomic mass is 9.95. The molecule has 3 rings (SSSR count). The molecule has 0 bridgehead atoms. The van der Waals surface area contributed by atoms with E-state index >= 15 is 0 Å². The number of benzene rings is 1. The van der Waals surface area contributed by atoms with Crippen molar-refractivity contribution in [2.45, 2.75) is 50.7 Å². The van der Waals surface area contributed by atoms with Crippen LogP contribution in [0.1, 0.15) is 44.7 Å². The predicted molar refractivity (Wildman–Crippen MR) is 86.2 cm³/mol. The fraction of sp³-hybridized carbons (Fsp3) is 0.667. The van der Waals surface area contributed by atoms with Gasteiger partial charge in [0.15, 0.2) is 0 Å². The van der Waals surface area contributed by atoms with Gasteiger partial charge in [-0.25, -0.2) is 0 Å². The highest BCUT2D eigenvalue weighted by atomic mass is 16.3. The van der Waals surface area contributed by atoms with E-state index < -0.39 is 0 Å². The first-order chi connectivity index (χ1) is 10.1. The summed E-state index contributed by atoms with van der Waals surface area (Å²) in [5, 5.41) is 13.5. The zero-order chi connectivity index (χ0) is 14.9. The van der Waals surface area contributed by atoms with Crippen molar-refractivity contribution >= 4 is 0 Å². The van der Waals surface area contributed by atoms with Crippen LogP contribution in [0.4, 0.5) is 0 Å². The molecule has 1 aromatic rings. The molecule has 3 unspecified atom stereocenters. The van der Waals surface area contributed by atoms with Gasteiger partial charge in [0.25, 0.3) is 0 Å². The summed E-state index contributed by atoms with van der Waals surface area (Å²) in [6.07, 6.45) is 3.71. The van der Waals surface area contributed by atoms with Gasteiger partial charge in [-0.3, -0.25) is 4.90 Å². The standard InChI is InChI=1S/C18H28N2O/c1-14(15-6-4-3-5-7-15)20-11-10-17(12-20)19-18(2,13-21)16-8-9-16/h3-7,14,16-17,19,21H,8-13H2,1-2H3. The van der Waals surface area contributed by atoms with Crippen LogP contribution in [-0.4, -0.2) is 41.3 Å². The lowest BCUT2D eigenvalue weighted by Crippen LogP contribution is -2.53. The molecule has 1 saturated heterocycles. The minimum atomic E-state index is -0.0728. The van der Waals surface area contributed by atoms with Gasteiger partial charge in [0, 0.05) is 30.7 Å². The molecule has 0 aromatic heterocycles. The largest absolute Gasteiger partial charge is 0.394 e. The molecular weight excluding hydrogens is 260 g/mol.